The zero-order valence-electron chi connectivity index (χ0n) is 20.9. The van der Waals surface area contributed by atoms with Gasteiger partial charge in [-0.05, 0) is 12.8 Å². The maximum Gasteiger partial charge on any atom is 0.472 e. The Morgan fingerprint density at radius 3 is 2.19 bits per heavy atom. The molecule has 0 aliphatic carbocycles. The van der Waals surface area contributed by atoms with E-state index < -0.39 is 20.0 Å². The van der Waals surface area contributed by atoms with E-state index in [9.17, 15) is 19.4 Å². The molecule has 3 atom stereocenters. The predicted molar refractivity (Wildman–Crippen MR) is 129 cm³/mol. The Labute approximate surface area is 195 Å². The SMILES string of the molecule is CC/C=C\[C@@H](O)[C@H](COP(=O)(O)OCC[N+](C)(C)C)NC(=O)CCCCCCCCCC. The molecular weight excluding hydrogens is 431 g/mol. The second-order valence-corrected chi connectivity index (χ2v) is 10.8. The molecule has 0 aliphatic heterocycles. The summed E-state index contributed by atoms with van der Waals surface area (Å²) in [4.78, 5) is 22.3. The first-order chi connectivity index (χ1) is 15.0. The minimum absolute atomic E-state index is 0.0606. The van der Waals surface area contributed by atoms with Crippen molar-refractivity contribution in [1.82, 2.24) is 5.32 Å². The number of rotatable bonds is 20. The van der Waals surface area contributed by atoms with Crippen LogP contribution in [0.1, 0.15) is 78.1 Å². The number of aliphatic hydroxyl groups is 1. The smallest absolute Gasteiger partial charge is 0.387 e. The van der Waals surface area contributed by atoms with Gasteiger partial charge in [0.1, 0.15) is 13.2 Å². The van der Waals surface area contributed by atoms with Gasteiger partial charge in [0.05, 0.1) is 39.9 Å². The maximum absolute atomic E-state index is 12.3. The molecule has 0 heterocycles. The van der Waals surface area contributed by atoms with E-state index in [0.717, 1.165) is 25.7 Å². The molecule has 0 aromatic heterocycles. The summed E-state index contributed by atoms with van der Waals surface area (Å²) in [6.07, 6.45) is 12.5. The van der Waals surface area contributed by atoms with E-state index in [1.807, 2.05) is 28.1 Å². The molecule has 0 aromatic carbocycles. The fraction of sp³-hybridized carbons (Fsp3) is 0.870. The van der Waals surface area contributed by atoms with E-state index in [1.165, 1.54) is 32.1 Å². The van der Waals surface area contributed by atoms with Crippen LogP contribution in [0.5, 0.6) is 0 Å². The molecule has 0 saturated heterocycles. The summed E-state index contributed by atoms with van der Waals surface area (Å²) in [6.45, 7) is 4.40. The molecular formula is C23H48N2O6P+. The summed E-state index contributed by atoms with van der Waals surface area (Å²) in [5.41, 5.74) is 0. The van der Waals surface area contributed by atoms with Crippen molar-refractivity contribution in [2.45, 2.75) is 90.2 Å². The van der Waals surface area contributed by atoms with Crippen molar-refractivity contribution in [1.29, 1.82) is 0 Å². The van der Waals surface area contributed by atoms with Gasteiger partial charge in [0.2, 0.25) is 5.91 Å². The molecule has 0 aromatic rings. The number of likely N-dealkylation sites (N-methyl/N-ethyl adjacent to an activating group) is 1. The Hall–Kier alpha value is -0.760. The monoisotopic (exact) mass is 479 g/mol. The first-order valence-electron chi connectivity index (χ1n) is 12.1. The molecule has 3 N–H and O–H groups in total. The summed E-state index contributed by atoms with van der Waals surface area (Å²) in [5, 5.41) is 13.1. The van der Waals surface area contributed by atoms with Crippen molar-refractivity contribution in [3.05, 3.63) is 12.2 Å². The van der Waals surface area contributed by atoms with Gasteiger partial charge in [0.15, 0.2) is 0 Å². The van der Waals surface area contributed by atoms with Gasteiger partial charge >= 0.3 is 7.82 Å². The fourth-order valence-corrected chi connectivity index (χ4v) is 3.71. The number of hydrogen-bond donors (Lipinski definition) is 3. The number of carbonyl (C=O) groups is 1. The fourth-order valence-electron chi connectivity index (χ4n) is 2.98. The Kier molecular flexibility index (Phi) is 17.3. The predicted octanol–water partition coefficient (Wildman–Crippen LogP) is 4.17. The largest absolute Gasteiger partial charge is 0.472 e. The number of allylic oxidation sites excluding steroid dienone is 1. The molecule has 0 bridgehead atoms. The van der Waals surface area contributed by atoms with Crippen molar-refractivity contribution in [2.24, 2.45) is 0 Å². The van der Waals surface area contributed by atoms with Crippen molar-refractivity contribution in [3.8, 4) is 0 Å². The molecule has 1 amide bonds. The van der Waals surface area contributed by atoms with Crippen molar-refractivity contribution in [3.63, 3.8) is 0 Å². The van der Waals surface area contributed by atoms with Gasteiger partial charge in [0.25, 0.3) is 0 Å². The minimum atomic E-state index is -4.28. The van der Waals surface area contributed by atoms with Gasteiger partial charge in [-0.15, -0.1) is 0 Å². The number of amides is 1. The lowest BCUT2D eigenvalue weighted by Crippen LogP contribution is -2.45. The van der Waals surface area contributed by atoms with Gasteiger partial charge in [-0.1, -0.05) is 70.9 Å². The van der Waals surface area contributed by atoms with Gasteiger partial charge in [-0.3, -0.25) is 13.8 Å². The van der Waals surface area contributed by atoms with Gasteiger partial charge in [-0.2, -0.15) is 0 Å². The molecule has 8 nitrogen and oxygen atoms in total. The molecule has 0 saturated carbocycles. The van der Waals surface area contributed by atoms with Crippen LogP contribution in [-0.4, -0.2) is 73.4 Å². The summed E-state index contributed by atoms with van der Waals surface area (Å²) >= 11 is 0. The van der Waals surface area contributed by atoms with Crippen LogP contribution in [0.15, 0.2) is 12.2 Å². The average molecular weight is 480 g/mol. The number of phosphoric acid groups is 1. The quantitative estimate of drug-likeness (QED) is 0.105. The number of nitrogens with zero attached hydrogens (tertiary/aromatic N) is 1. The summed E-state index contributed by atoms with van der Waals surface area (Å²) < 4.78 is 22.8. The van der Waals surface area contributed by atoms with Crippen LogP contribution < -0.4 is 5.32 Å². The van der Waals surface area contributed by atoms with Crippen LogP contribution in [-0.2, 0) is 18.4 Å². The Balaban J connectivity index is 4.51. The summed E-state index contributed by atoms with van der Waals surface area (Å²) in [5.74, 6) is -0.202. The standard InChI is InChI=1S/C23H47N2O6P/c1-6-8-10-11-12-13-14-15-17-23(27)24-21(22(26)16-9-7-2)20-31-32(28,29)30-19-18-25(3,4)5/h9,16,21-22,26H,6-8,10-15,17-20H2,1-5H3,(H-,24,27,28,29)/p+1/b16-9-/t21-,22+/m0/s1. The second-order valence-electron chi connectivity index (χ2n) is 9.34. The first-order valence-corrected chi connectivity index (χ1v) is 13.6. The zero-order valence-corrected chi connectivity index (χ0v) is 21.8. The third-order valence-electron chi connectivity index (χ3n) is 5.02. The Morgan fingerprint density at radius 2 is 1.62 bits per heavy atom. The molecule has 0 aliphatic rings. The van der Waals surface area contributed by atoms with Crippen molar-refractivity contribution >= 4 is 13.7 Å². The molecule has 0 rings (SSSR count). The van der Waals surface area contributed by atoms with Crippen LogP contribution in [0.2, 0.25) is 0 Å². The Bertz CT molecular complexity index is 565. The average Bonchev–Trinajstić information content (AvgIpc) is 2.70. The van der Waals surface area contributed by atoms with Gasteiger partial charge in [0, 0.05) is 6.42 Å². The highest BCUT2D eigenvalue weighted by Crippen LogP contribution is 2.43. The van der Waals surface area contributed by atoms with Gasteiger partial charge in [-0.25, -0.2) is 4.57 Å². The first kappa shape index (κ1) is 31.2. The maximum atomic E-state index is 12.3. The van der Waals surface area contributed by atoms with E-state index in [0.29, 0.717) is 17.4 Å². The third-order valence-corrected chi connectivity index (χ3v) is 6.00. The topological polar surface area (TPSA) is 105 Å². The van der Waals surface area contributed by atoms with Crippen LogP contribution in [0.4, 0.5) is 0 Å². The second kappa shape index (κ2) is 17.7. The van der Waals surface area contributed by atoms with Crippen LogP contribution in [0.3, 0.4) is 0 Å². The lowest BCUT2D eigenvalue weighted by Gasteiger charge is -2.25. The number of hydrogen-bond acceptors (Lipinski definition) is 5. The lowest BCUT2D eigenvalue weighted by atomic mass is 10.1. The highest BCUT2D eigenvalue weighted by atomic mass is 31.2. The summed E-state index contributed by atoms with van der Waals surface area (Å²) in [7, 11) is 1.56. The number of carbonyl (C=O) groups excluding carboxylic acids is 1. The third kappa shape index (κ3) is 18.8. The minimum Gasteiger partial charge on any atom is -0.387 e. The van der Waals surface area contributed by atoms with Crippen LogP contribution in [0, 0.1) is 0 Å². The number of aliphatic hydroxyl groups excluding tert-OH is 1. The van der Waals surface area contributed by atoms with Crippen LogP contribution in [0.25, 0.3) is 0 Å². The van der Waals surface area contributed by atoms with E-state index in [4.69, 9.17) is 9.05 Å². The molecule has 9 heteroatoms. The highest BCUT2D eigenvalue weighted by Gasteiger charge is 2.27. The van der Waals surface area contributed by atoms with E-state index >= 15 is 0 Å². The molecule has 190 valence electrons. The van der Waals surface area contributed by atoms with Gasteiger partial charge < -0.3 is 19.8 Å². The molecule has 0 spiro atoms. The molecule has 1 unspecified atom stereocenters. The number of nitrogens with one attached hydrogen (secondary N) is 1. The van der Waals surface area contributed by atoms with Crippen LogP contribution >= 0.6 is 7.82 Å². The highest BCUT2D eigenvalue weighted by molar-refractivity contribution is 7.47. The van der Waals surface area contributed by atoms with Crippen molar-refractivity contribution < 1.29 is 32.9 Å². The lowest BCUT2D eigenvalue weighted by molar-refractivity contribution is -0.870. The normalized spacial score (nSPS) is 16.1. The molecule has 0 radical (unpaired) electrons. The molecule has 0 fully saturated rings. The van der Waals surface area contributed by atoms with E-state index in [-0.39, 0.29) is 19.1 Å². The number of quaternary nitrogens is 1. The number of phosphoric ester groups is 1. The van der Waals surface area contributed by atoms with E-state index in [2.05, 4.69) is 12.2 Å². The Morgan fingerprint density at radius 1 is 1.03 bits per heavy atom. The number of unbranched alkanes of at least 4 members (excludes halogenated alkanes) is 7. The van der Waals surface area contributed by atoms with E-state index in [1.54, 1.807) is 12.2 Å². The zero-order chi connectivity index (χ0) is 24.5. The molecule has 32 heavy (non-hydrogen) atoms. The summed E-state index contributed by atoms with van der Waals surface area (Å²) in [6, 6.07) is -0.832. The van der Waals surface area contributed by atoms with Crippen molar-refractivity contribution in [2.75, 3.05) is 40.9 Å².